The number of benzene rings is 1. The fourth-order valence-corrected chi connectivity index (χ4v) is 2.17. The van der Waals surface area contributed by atoms with Gasteiger partial charge in [-0.05, 0) is 41.1 Å². The predicted octanol–water partition coefficient (Wildman–Crippen LogP) is 4.78. The molecule has 0 aliphatic carbocycles. The van der Waals surface area contributed by atoms with Gasteiger partial charge in [0.15, 0.2) is 11.6 Å². The third kappa shape index (κ3) is 3.58. The van der Waals surface area contributed by atoms with Gasteiger partial charge < -0.3 is 10.1 Å². The van der Waals surface area contributed by atoms with Crippen LogP contribution in [-0.4, -0.2) is 11.6 Å². The molecule has 3 nitrogen and oxygen atoms in total. The van der Waals surface area contributed by atoms with Gasteiger partial charge in [0.05, 0.1) is 11.6 Å². The molecule has 0 unspecified atom stereocenters. The Kier molecular flexibility index (Phi) is 4.61. The molecule has 0 fully saturated rings. The van der Waals surface area contributed by atoms with Crippen molar-refractivity contribution in [3.63, 3.8) is 0 Å². The van der Waals surface area contributed by atoms with Crippen molar-refractivity contribution in [3.05, 3.63) is 45.8 Å². The molecule has 0 radical (unpaired) electrons. The molecule has 1 heterocycles. The lowest BCUT2D eigenvalue weighted by molar-refractivity contribution is 0.321. The van der Waals surface area contributed by atoms with Crippen molar-refractivity contribution >= 4 is 39.0 Å². The first-order valence-corrected chi connectivity index (χ1v) is 6.77. The molecule has 1 N–H and O–H groups in total. The van der Waals surface area contributed by atoms with Crippen molar-refractivity contribution in [2.24, 2.45) is 0 Å². The minimum absolute atomic E-state index is 0.225. The predicted molar refractivity (Wildman–Crippen MR) is 77.8 cm³/mol. The third-order valence-electron chi connectivity index (χ3n) is 2.30. The first kappa shape index (κ1) is 14.1. The summed E-state index contributed by atoms with van der Waals surface area (Å²) in [6, 6.07) is 6.31. The van der Waals surface area contributed by atoms with Crippen LogP contribution in [0.5, 0.6) is 5.75 Å². The highest BCUT2D eigenvalue weighted by atomic mass is 79.9. The van der Waals surface area contributed by atoms with Crippen LogP contribution in [0.2, 0.25) is 5.02 Å². The molecule has 6 heteroatoms. The Bertz CT molecular complexity index is 595. The minimum atomic E-state index is -0.430. The van der Waals surface area contributed by atoms with Gasteiger partial charge in [-0.15, -0.1) is 0 Å². The number of pyridine rings is 1. The lowest BCUT2D eigenvalue weighted by atomic mass is 10.3. The van der Waals surface area contributed by atoms with Crippen molar-refractivity contribution in [1.29, 1.82) is 0 Å². The van der Waals surface area contributed by atoms with Crippen LogP contribution in [0.4, 0.5) is 15.9 Å². The zero-order valence-electron chi connectivity index (χ0n) is 10.1. The molecular weight excluding hydrogens is 335 g/mol. The molecule has 0 atom stereocenters. The third-order valence-corrected chi connectivity index (χ3v) is 3.02. The Morgan fingerprint density at radius 1 is 1.42 bits per heavy atom. The highest BCUT2D eigenvalue weighted by Crippen LogP contribution is 2.28. The normalized spacial score (nSPS) is 10.3. The lowest BCUT2D eigenvalue weighted by Gasteiger charge is -2.09. The summed E-state index contributed by atoms with van der Waals surface area (Å²) in [6.45, 7) is 2.22. The van der Waals surface area contributed by atoms with E-state index in [0.717, 1.165) is 4.47 Å². The molecule has 0 spiro atoms. The topological polar surface area (TPSA) is 34.1 Å². The van der Waals surface area contributed by atoms with Crippen LogP contribution in [0.15, 0.2) is 34.9 Å². The fourth-order valence-electron chi connectivity index (χ4n) is 1.49. The summed E-state index contributed by atoms with van der Waals surface area (Å²) in [5.41, 5.74) is 0.553. The first-order valence-electron chi connectivity index (χ1n) is 5.60. The van der Waals surface area contributed by atoms with E-state index in [2.05, 4.69) is 26.2 Å². The number of rotatable bonds is 4. The van der Waals surface area contributed by atoms with E-state index >= 15 is 0 Å². The molecule has 1 aromatic heterocycles. The number of aromatic nitrogens is 1. The van der Waals surface area contributed by atoms with Gasteiger partial charge in [-0.3, -0.25) is 0 Å². The number of ether oxygens (including phenoxy) is 1. The van der Waals surface area contributed by atoms with Gasteiger partial charge in [-0.1, -0.05) is 11.6 Å². The second-order valence-electron chi connectivity index (χ2n) is 3.69. The van der Waals surface area contributed by atoms with Crippen LogP contribution < -0.4 is 10.1 Å². The average molecular weight is 346 g/mol. The van der Waals surface area contributed by atoms with Crippen LogP contribution in [0.25, 0.3) is 0 Å². The van der Waals surface area contributed by atoms with E-state index in [0.29, 0.717) is 23.1 Å². The van der Waals surface area contributed by atoms with Crippen molar-refractivity contribution in [2.45, 2.75) is 6.92 Å². The molecule has 0 aliphatic heterocycles. The van der Waals surface area contributed by atoms with E-state index in [-0.39, 0.29) is 5.75 Å². The van der Waals surface area contributed by atoms with E-state index in [9.17, 15) is 4.39 Å². The molecule has 100 valence electrons. The summed E-state index contributed by atoms with van der Waals surface area (Å²) in [5, 5.41) is 3.40. The summed E-state index contributed by atoms with van der Waals surface area (Å²) in [6.07, 6.45) is 1.61. The summed E-state index contributed by atoms with van der Waals surface area (Å²) in [5.74, 6) is 0.261. The number of hydrogen-bond donors (Lipinski definition) is 1. The van der Waals surface area contributed by atoms with Gasteiger partial charge in [0.2, 0.25) is 0 Å². The van der Waals surface area contributed by atoms with Crippen LogP contribution in [0.1, 0.15) is 6.92 Å². The van der Waals surface area contributed by atoms with Gasteiger partial charge in [0.25, 0.3) is 0 Å². The Morgan fingerprint density at radius 2 is 2.21 bits per heavy atom. The molecule has 19 heavy (non-hydrogen) atoms. The first-order chi connectivity index (χ1) is 9.10. The van der Waals surface area contributed by atoms with Crippen molar-refractivity contribution in [2.75, 3.05) is 11.9 Å². The summed E-state index contributed by atoms with van der Waals surface area (Å²) >= 11 is 9.30. The Labute approximate surface area is 123 Å². The van der Waals surface area contributed by atoms with E-state index in [1.54, 1.807) is 31.3 Å². The monoisotopic (exact) mass is 344 g/mol. The molecule has 2 rings (SSSR count). The molecule has 0 saturated heterocycles. The maximum absolute atomic E-state index is 13.7. The van der Waals surface area contributed by atoms with Crippen LogP contribution in [0, 0.1) is 5.82 Å². The van der Waals surface area contributed by atoms with Gasteiger partial charge in [-0.2, -0.15) is 0 Å². The SMILES string of the molecule is CCOc1ccc(Nc2ncc(Br)cc2Cl)cc1F. The van der Waals surface area contributed by atoms with Crippen molar-refractivity contribution in [3.8, 4) is 5.75 Å². The molecule has 0 bridgehead atoms. The van der Waals surface area contributed by atoms with Crippen LogP contribution in [-0.2, 0) is 0 Å². The largest absolute Gasteiger partial charge is 0.491 e. The minimum Gasteiger partial charge on any atom is -0.491 e. The molecule has 0 amide bonds. The van der Waals surface area contributed by atoms with E-state index in [1.807, 2.05) is 0 Å². The van der Waals surface area contributed by atoms with E-state index < -0.39 is 5.82 Å². The van der Waals surface area contributed by atoms with Crippen molar-refractivity contribution in [1.82, 2.24) is 4.98 Å². The highest BCUT2D eigenvalue weighted by molar-refractivity contribution is 9.10. The molecule has 1 aromatic carbocycles. The Balaban J connectivity index is 2.21. The van der Waals surface area contributed by atoms with Crippen LogP contribution >= 0.6 is 27.5 Å². The average Bonchev–Trinajstić information content (AvgIpc) is 2.36. The highest BCUT2D eigenvalue weighted by Gasteiger charge is 2.07. The maximum atomic E-state index is 13.7. The Hall–Kier alpha value is -1.33. The molecule has 2 aromatic rings. The molecule has 0 aliphatic rings. The zero-order valence-corrected chi connectivity index (χ0v) is 12.4. The fraction of sp³-hybridized carbons (Fsp3) is 0.154. The number of halogens is 3. The second-order valence-corrected chi connectivity index (χ2v) is 5.01. The lowest BCUT2D eigenvalue weighted by Crippen LogP contribution is -1.98. The summed E-state index contributed by atoms with van der Waals surface area (Å²) in [7, 11) is 0. The van der Waals surface area contributed by atoms with Gasteiger partial charge in [0, 0.05) is 22.4 Å². The zero-order chi connectivity index (χ0) is 13.8. The maximum Gasteiger partial charge on any atom is 0.167 e. The number of nitrogens with zero attached hydrogens (tertiary/aromatic N) is 1. The standard InChI is InChI=1S/C13H11BrClFN2O/c1-2-19-12-4-3-9(6-11(12)16)18-13-10(15)5-8(14)7-17-13/h3-7H,2H2,1H3,(H,17,18). The smallest absolute Gasteiger partial charge is 0.167 e. The van der Waals surface area contributed by atoms with Crippen LogP contribution in [0.3, 0.4) is 0 Å². The summed E-state index contributed by atoms with van der Waals surface area (Å²) < 4.78 is 19.6. The quantitative estimate of drug-likeness (QED) is 0.866. The second kappa shape index (κ2) is 6.21. The van der Waals surface area contributed by atoms with Gasteiger partial charge in [-0.25, -0.2) is 9.37 Å². The van der Waals surface area contributed by atoms with E-state index in [1.165, 1.54) is 6.07 Å². The summed E-state index contributed by atoms with van der Waals surface area (Å²) in [4.78, 5) is 4.12. The van der Waals surface area contributed by atoms with Gasteiger partial charge >= 0.3 is 0 Å². The van der Waals surface area contributed by atoms with Gasteiger partial charge in [0.1, 0.15) is 5.82 Å². The van der Waals surface area contributed by atoms with E-state index in [4.69, 9.17) is 16.3 Å². The number of anilines is 2. The number of hydrogen-bond acceptors (Lipinski definition) is 3. The Morgan fingerprint density at radius 3 is 2.84 bits per heavy atom. The molecular formula is C13H11BrClFN2O. The number of nitrogens with one attached hydrogen (secondary N) is 1. The van der Waals surface area contributed by atoms with Crippen molar-refractivity contribution < 1.29 is 9.13 Å². The molecule has 0 saturated carbocycles.